The summed E-state index contributed by atoms with van der Waals surface area (Å²) in [6.07, 6.45) is 0. The lowest BCUT2D eigenvalue weighted by atomic mass is 10.1. The highest BCUT2D eigenvalue weighted by Crippen LogP contribution is 2.36. The maximum Gasteiger partial charge on any atom is 0.166 e. The zero-order valence-corrected chi connectivity index (χ0v) is 17.6. The minimum atomic E-state index is 0.640. The summed E-state index contributed by atoms with van der Waals surface area (Å²) < 4.78 is 1.84. The fraction of sp³-hybridized carbons (Fsp3) is 0.316. The van der Waals surface area contributed by atoms with E-state index >= 15 is 0 Å². The zero-order chi connectivity index (χ0) is 19.1. The Morgan fingerprint density at radius 1 is 1.04 bits per heavy atom. The van der Waals surface area contributed by atoms with Crippen LogP contribution in [0.25, 0.3) is 15.9 Å². The van der Waals surface area contributed by atoms with Crippen LogP contribution in [0.2, 0.25) is 0 Å². The number of para-hydroxylation sites is 1. The molecule has 0 fully saturated rings. The van der Waals surface area contributed by atoms with Crippen LogP contribution in [0, 0.1) is 34.6 Å². The van der Waals surface area contributed by atoms with Crippen molar-refractivity contribution in [2.45, 2.75) is 45.4 Å². The summed E-state index contributed by atoms with van der Waals surface area (Å²) in [6, 6.07) is 6.21. The van der Waals surface area contributed by atoms with Crippen molar-refractivity contribution in [1.82, 2.24) is 30.2 Å². The number of rotatable bonds is 4. The molecule has 0 saturated heterocycles. The smallest absolute Gasteiger partial charge is 0.166 e. The Hall–Kier alpha value is -2.32. The van der Waals surface area contributed by atoms with E-state index in [0.29, 0.717) is 5.75 Å². The Bertz CT molecular complexity index is 1120. The Labute approximate surface area is 166 Å². The van der Waals surface area contributed by atoms with Gasteiger partial charge in [0.1, 0.15) is 15.7 Å². The fourth-order valence-electron chi connectivity index (χ4n) is 3.16. The lowest BCUT2D eigenvalue weighted by molar-refractivity contribution is 0.769. The molecule has 0 bridgehead atoms. The van der Waals surface area contributed by atoms with Gasteiger partial charge in [-0.3, -0.25) is 0 Å². The van der Waals surface area contributed by atoms with Crippen molar-refractivity contribution < 1.29 is 0 Å². The number of thioether (sulfide) groups is 1. The van der Waals surface area contributed by atoms with E-state index in [9.17, 15) is 0 Å². The highest BCUT2D eigenvalue weighted by atomic mass is 32.2. The van der Waals surface area contributed by atoms with Gasteiger partial charge in [0.25, 0.3) is 0 Å². The maximum atomic E-state index is 4.69. The van der Waals surface area contributed by atoms with Crippen LogP contribution in [0.4, 0.5) is 0 Å². The van der Waals surface area contributed by atoms with Gasteiger partial charge in [0.2, 0.25) is 0 Å². The van der Waals surface area contributed by atoms with Crippen molar-refractivity contribution in [1.29, 1.82) is 0 Å². The van der Waals surface area contributed by atoms with Crippen LogP contribution in [0.1, 0.15) is 33.2 Å². The Balaban J connectivity index is 1.71. The van der Waals surface area contributed by atoms with E-state index in [1.165, 1.54) is 10.4 Å². The predicted molar refractivity (Wildman–Crippen MR) is 110 cm³/mol. The molecule has 0 N–H and O–H groups in total. The van der Waals surface area contributed by atoms with E-state index in [1.54, 1.807) is 23.1 Å². The number of fused-ring (bicyclic) bond motifs is 1. The molecular formula is C19H20N6S2. The predicted octanol–water partition coefficient (Wildman–Crippen LogP) is 4.50. The normalized spacial score (nSPS) is 11.4. The standard InChI is InChI=1S/C19H20N6S2/c1-10-7-6-8-11(2)17(10)25-15(22-23-24-25)9-26-18-16-12(3)13(4)27-19(16)21-14(5)20-18/h6-8H,9H2,1-5H3. The van der Waals surface area contributed by atoms with Crippen molar-refractivity contribution in [2.75, 3.05) is 0 Å². The lowest BCUT2D eigenvalue weighted by Crippen LogP contribution is -2.06. The summed E-state index contributed by atoms with van der Waals surface area (Å²) >= 11 is 3.39. The minimum Gasteiger partial charge on any atom is -0.226 e. The molecule has 0 radical (unpaired) electrons. The van der Waals surface area contributed by atoms with E-state index < -0.39 is 0 Å². The molecule has 0 aliphatic carbocycles. The van der Waals surface area contributed by atoms with Crippen molar-refractivity contribution in [3.8, 4) is 5.69 Å². The van der Waals surface area contributed by atoms with Crippen LogP contribution in [0.5, 0.6) is 0 Å². The molecule has 6 nitrogen and oxygen atoms in total. The van der Waals surface area contributed by atoms with Gasteiger partial charge in [0, 0.05) is 10.3 Å². The molecule has 0 spiro atoms. The summed E-state index contributed by atoms with van der Waals surface area (Å²) in [5, 5.41) is 14.6. The number of tetrazole rings is 1. The molecule has 3 heterocycles. The third-order valence-electron chi connectivity index (χ3n) is 4.63. The number of aryl methyl sites for hydroxylation is 5. The van der Waals surface area contributed by atoms with Gasteiger partial charge in [0.15, 0.2) is 5.82 Å². The fourth-order valence-corrected chi connectivity index (χ4v) is 5.34. The van der Waals surface area contributed by atoms with E-state index in [0.717, 1.165) is 43.7 Å². The van der Waals surface area contributed by atoms with Gasteiger partial charge in [0.05, 0.1) is 11.4 Å². The highest BCUT2D eigenvalue weighted by Gasteiger charge is 2.17. The van der Waals surface area contributed by atoms with Gasteiger partial charge in [-0.25, -0.2) is 9.97 Å². The second-order valence-electron chi connectivity index (χ2n) is 6.58. The second kappa shape index (κ2) is 7.01. The first kappa shape index (κ1) is 18.1. The molecule has 138 valence electrons. The van der Waals surface area contributed by atoms with Crippen LogP contribution in [-0.2, 0) is 5.75 Å². The Kier molecular flexibility index (Phi) is 4.69. The van der Waals surface area contributed by atoms with Crippen molar-refractivity contribution >= 4 is 33.3 Å². The number of hydrogen-bond donors (Lipinski definition) is 0. The number of nitrogens with zero attached hydrogens (tertiary/aromatic N) is 6. The number of aromatic nitrogens is 6. The minimum absolute atomic E-state index is 0.640. The number of thiophene rings is 1. The average molecular weight is 397 g/mol. The van der Waals surface area contributed by atoms with Gasteiger partial charge < -0.3 is 0 Å². The number of hydrogen-bond acceptors (Lipinski definition) is 7. The van der Waals surface area contributed by atoms with E-state index in [-0.39, 0.29) is 0 Å². The maximum absolute atomic E-state index is 4.69. The molecule has 0 unspecified atom stereocenters. The summed E-state index contributed by atoms with van der Waals surface area (Å²) in [4.78, 5) is 11.6. The van der Waals surface area contributed by atoms with Gasteiger partial charge in [-0.2, -0.15) is 4.68 Å². The molecule has 3 aromatic heterocycles. The van der Waals surface area contributed by atoms with Gasteiger partial charge in [-0.1, -0.05) is 30.0 Å². The van der Waals surface area contributed by atoms with Crippen LogP contribution < -0.4 is 0 Å². The molecule has 4 rings (SSSR count). The molecule has 27 heavy (non-hydrogen) atoms. The van der Waals surface area contributed by atoms with E-state index in [4.69, 9.17) is 4.98 Å². The van der Waals surface area contributed by atoms with Gasteiger partial charge in [-0.05, 0) is 61.7 Å². The van der Waals surface area contributed by atoms with Crippen molar-refractivity contribution in [3.05, 3.63) is 51.4 Å². The largest absolute Gasteiger partial charge is 0.226 e. The van der Waals surface area contributed by atoms with Gasteiger partial charge in [-0.15, -0.1) is 16.4 Å². The summed E-state index contributed by atoms with van der Waals surface area (Å²) in [7, 11) is 0. The van der Waals surface area contributed by atoms with Crippen molar-refractivity contribution in [2.24, 2.45) is 0 Å². The van der Waals surface area contributed by atoms with Crippen molar-refractivity contribution in [3.63, 3.8) is 0 Å². The monoisotopic (exact) mass is 396 g/mol. The highest BCUT2D eigenvalue weighted by molar-refractivity contribution is 7.98. The molecule has 1 aromatic carbocycles. The molecule has 0 saturated carbocycles. The molecule has 8 heteroatoms. The lowest BCUT2D eigenvalue weighted by Gasteiger charge is -2.11. The topological polar surface area (TPSA) is 69.4 Å². The molecule has 0 aliphatic rings. The molecule has 4 aromatic rings. The molecule has 0 amide bonds. The summed E-state index contributed by atoms with van der Waals surface area (Å²) in [6.45, 7) is 10.4. The second-order valence-corrected chi connectivity index (χ2v) is 8.74. The number of benzene rings is 1. The zero-order valence-electron chi connectivity index (χ0n) is 15.9. The average Bonchev–Trinajstić information content (AvgIpc) is 3.17. The first-order chi connectivity index (χ1) is 13.0. The summed E-state index contributed by atoms with van der Waals surface area (Å²) in [5.41, 5.74) is 4.60. The van der Waals surface area contributed by atoms with Crippen LogP contribution >= 0.6 is 23.1 Å². The third-order valence-corrected chi connectivity index (χ3v) is 6.70. The Morgan fingerprint density at radius 2 is 1.78 bits per heavy atom. The van der Waals surface area contributed by atoms with Crippen LogP contribution in [-0.4, -0.2) is 30.2 Å². The van der Waals surface area contributed by atoms with E-state index in [1.807, 2.05) is 11.6 Å². The Morgan fingerprint density at radius 3 is 2.52 bits per heavy atom. The SMILES string of the molecule is Cc1nc(SCc2nnnn2-c2c(C)cccc2C)c2c(C)c(C)sc2n1. The van der Waals surface area contributed by atoms with Crippen LogP contribution in [0.15, 0.2) is 23.2 Å². The van der Waals surface area contributed by atoms with E-state index in [2.05, 4.69) is 66.4 Å². The van der Waals surface area contributed by atoms with Crippen LogP contribution in [0.3, 0.4) is 0 Å². The van der Waals surface area contributed by atoms with Gasteiger partial charge >= 0.3 is 0 Å². The summed E-state index contributed by atoms with van der Waals surface area (Å²) in [5.74, 6) is 2.24. The molecular weight excluding hydrogens is 376 g/mol. The molecule has 0 aliphatic heterocycles. The first-order valence-corrected chi connectivity index (χ1v) is 10.5. The quantitative estimate of drug-likeness (QED) is 0.374. The molecule has 0 atom stereocenters. The first-order valence-electron chi connectivity index (χ1n) is 8.66. The third kappa shape index (κ3) is 3.23.